The van der Waals surface area contributed by atoms with Crippen LogP contribution in [0.3, 0.4) is 0 Å². The summed E-state index contributed by atoms with van der Waals surface area (Å²) in [5, 5.41) is 19.7. The van der Waals surface area contributed by atoms with E-state index in [2.05, 4.69) is 31.9 Å². The fraction of sp³-hybridized carbons (Fsp3) is 0.543. The number of likely N-dealkylation sites (tertiary alicyclic amines) is 4. The molecule has 0 aromatic heterocycles. The van der Waals surface area contributed by atoms with Crippen molar-refractivity contribution in [3.05, 3.63) is 84.9 Å². The minimum Gasteiger partial charge on any atom is -0.444 e. The zero-order valence-corrected chi connectivity index (χ0v) is 57.9. The number of carbonyl (C=O) groups is 12. The molecular formula is C70H94N12O14. The molecule has 4 heterocycles. The minimum absolute atomic E-state index is 0.0723. The van der Waals surface area contributed by atoms with E-state index < -0.39 is 167 Å². The van der Waals surface area contributed by atoms with Gasteiger partial charge in [-0.3, -0.25) is 57.7 Å². The minimum atomic E-state index is -1.26. The van der Waals surface area contributed by atoms with Crippen molar-refractivity contribution < 1.29 is 67.0 Å². The first kappa shape index (κ1) is 72.5. The molecule has 26 nitrogen and oxygen atoms in total. The Morgan fingerprint density at radius 1 is 0.479 bits per heavy atom. The first-order valence-electron chi connectivity index (χ1n) is 32.6. The van der Waals surface area contributed by atoms with Crippen LogP contribution < -0.4 is 31.9 Å². The summed E-state index contributed by atoms with van der Waals surface area (Å²) in [6.45, 7) is 22.1. The first-order valence-corrected chi connectivity index (χ1v) is 32.6. The van der Waals surface area contributed by atoms with E-state index in [0.29, 0.717) is 11.4 Å². The number of benzene rings is 4. The highest BCUT2D eigenvalue weighted by Gasteiger charge is 2.58. The van der Waals surface area contributed by atoms with Crippen molar-refractivity contribution in [2.75, 3.05) is 64.0 Å². The lowest BCUT2D eigenvalue weighted by atomic mass is 9.85. The molecule has 518 valence electrons. The fourth-order valence-electron chi connectivity index (χ4n) is 13.0. The van der Waals surface area contributed by atoms with Crippen LogP contribution in [0.15, 0.2) is 84.9 Å². The molecule has 8 rings (SSSR count). The third kappa shape index (κ3) is 16.3. The number of likely N-dealkylation sites (N-methyl/N-ethyl adjacent to an activating group) is 2. The largest absolute Gasteiger partial charge is 0.444 e. The van der Waals surface area contributed by atoms with Gasteiger partial charge in [-0.15, -0.1) is 0 Å². The average molecular weight is 1330 g/mol. The molecule has 4 aliphatic heterocycles. The summed E-state index contributed by atoms with van der Waals surface area (Å²) < 4.78 is 11.0. The van der Waals surface area contributed by atoms with Crippen molar-refractivity contribution in [2.24, 2.45) is 22.7 Å². The molecule has 0 aliphatic carbocycles. The number of rotatable bonds is 16. The number of carbonyl (C=O) groups excluding carboxylic acids is 12. The van der Waals surface area contributed by atoms with Crippen LogP contribution in [0.4, 0.5) is 21.0 Å². The van der Waals surface area contributed by atoms with Gasteiger partial charge in [0.25, 0.3) is 0 Å². The molecule has 26 heteroatoms. The van der Waals surface area contributed by atoms with Gasteiger partial charge in [-0.1, -0.05) is 114 Å². The predicted octanol–water partition coefficient (Wildman–Crippen LogP) is 5.23. The quantitative estimate of drug-likeness (QED) is 0.0783. The van der Waals surface area contributed by atoms with Gasteiger partial charge >= 0.3 is 24.0 Å². The third-order valence-corrected chi connectivity index (χ3v) is 18.3. The van der Waals surface area contributed by atoms with E-state index in [1.165, 1.54) is 47.5 Å². The molecular weight excluding hydrogens is 1230 g/mol. The number of ether oxygens (including phenoxy) is 2. The van der Waals surface area contributed by atoms with Crippen molar-refractivity contribution in [3.8, 4) is 0 Å². The van der Waals surface area contributed by atoms with Gasteiger partial charge in [0.15, 0.2) is 0 Å². The maximum Gasteiger partial charge on any atom is 0.410 e. The second kappa shape index (κ2) is 28.5. The molecule has 0 spiro atoms. The van der Waals surface area contributed by atoms with E-state index in [0.717, 1.165) is 31.3 Å². The van der Waals surface area contributed by atoms with Crippen molar-refractivity contribution in [2.45, 2.75) is 169 Å². The molecule has 6 N–H and O–H groups in total. The molecule has 12 amide bonds. The number of nitrogens with zero attached hydrogens (tertiary/aromatic N) is 6. The fourth-order valence-corrected chi connectivity index (χ4v) is 13.0. The van der Waals surface area contributed by atoms with Gasteiger partial charge < -0.3 is 61.0 Å². The summed E-state index contributed by atoms with van der Waals surface area (Å²) in [6.07, 6.45) is -1.08. The molecule has 4 fully saturated rings. The molecule has 10 atom stereocenters. The van der Waals surface area contributed by atoms with Gasteiger partial charge in [0, 0.05) is 62.4 Å². The van der Waals surface area contributed by atoms with Crippen LogP contribution in [0.25, 0.3) is 21.5 Å². The van der Waals surface area contributed by atoms with Crippen molar-refractivity contribution in [3.63, 3.8) is 0 Å². The summed E-state index contributed by atoms with van der Waals surface area (Å²) in [4.78, 5) is 178. The molecule has 2 unspecified atom stereocenters. The Bertz CT molecular complexity index is 3450. The van der Waals surface area contributed by atoms with Gasteiger partial charge in [0.1, 0.15) is 35.4 Å². The lowest BCUT2D eigenvalue weighted by molar-refractivity contribution is -0.142. The lowest BCUT2D eigenvalue weighted by Crippen LogP contribution is -2.60. The highest BCUT2D eigenvalue weighted by atomic mass is 16.6. The van der Waals surface area contributed by atoms with Crippen LogP contribution in [0.1, 0.15) is 110 Å². The van der Waals surface area contributed by atoms with Crippen LogP contribution in [-0.2, 0) is 57.4 Å². The number of hydrogen-bond donors (Lipinski definition) is 6. The van der Waals surface area contributed by atoms with Gasteiger partial charge in [-0.25, -0.2) is 9.59 Å². The van der Waals surface area contributed by atoms with E-state index >= 15 is 9.59 Å². The molecule has 0 saturated carbocycles. The highest BCUT2D eigenvalue weighted by molar-refractivity contribution is 6.35. The average Bonchev–Trinajstić information content (AvgIpc) is 1.60. The van der Waals surface area contributed by atoms with Crippen molar-refractivity contribution in [1.29, 1.82) is 0 Å². The molecule has 0 radical (unpaired) electrons. The van der Waals surface area contributed by atoms with Crippen LogP contribution in [0, 0.1) is 22.7 Å². The smallest absolute Gasteiger partial charge is 0.410 e. The van der Waals surface area contributed by atoms with Crippen molar-refractivity contribution >= 4 is 104 Å². The Morgan fingerprint density at radius 2 is 0.812 bits per heavy atom. The zero-order chi connectivity index (χ0) is 70.8. The molecule has 4 aromatic rings. The molecule has 96 heavy (non-hydrogen) atoms. The summed E-state index contributed by atoms with van der Waals surface area (Å²) >= 11 is 0. The van der Waals surface area contributed by atoms with E-state index in [1.54, 1.807) is 107 Å². The van der Waals surface area contributed by atoms with Gasteiger partial charge in [-0.2, -0.15) is 0 Å². The molecule has 4 aliphatic rings. The summed E-state index contributed by atoms with van der Waals surface area (Å²) in [5.74, 6) is -9.26. The summed E-state index contributed by atoms with van der Waals surface area (Å²) in [5.41, 5.74) is -2.52. The number of anilines is 2. The Labute approximate surface area is 560 Å². The summed E-state index contributed by atoms with van der Waals surface area (Å²) in [7, 11) is 2.83. The Hall–Kier alpha value is -9.36. The number of hydrogen-bond acceptors (Lipinski definition) is 14. The Kier molecular flexibility index (Phi) is 21.5. The zero-order valence-electron chi connectivity index (χ0n) is 57.9. The normalized spacial score (nSPS) is 20.6. The predicted molar refractivity (Wildman–Crippen MR) is 359 cm³/mol. The third-order valence-electron chi connectivity index (χ3n) is 18.3. The second-order valence-electron chi connectivity index (χ2n) is 29.6. The number of nitrogens with one attached hydrogen (secondary N) is 6. The standard InChI is InChI=1S/C70H94N12O14/c1-39(77(15)65(93)95-69(9,10)11)57(85)75-55(67(3,4)5)63(91)79-33-31-49-53(79)45(59(87)73-47-29-21-25-41-23-17-19-27-43(41)47)37-81(49)51(83)35-71-61(89)62(90)72-36-52(84)82-38-46(60(88)74-48-30-22-26-42-24-18-20-28-44(42)48)54-50(82)32-34-80(54)64(92)56(68(6,7)8)76-58(86)40(2)78(16)66(94)96-70(12,13)14/h17-30,39-40,45-46,49-50,53-56H,31-38H2,1-16H3,(H,71,89)(H,72,90)(H,73,87)(H,74,88)(H,75,85)(H,76,86)/t39-,40-,45-,46-,49+,50+,53+,54+,55?,56?/m0/s1. The molecule has 4 saturated heterocycles. The van der Waals surface area contributed by atoms with E-state index in [9.17, 15) is 47.9 Å². The van der Waals surface area contributed by atoms with Gasteiger partial charge in [-0.05, 0) is 102 Å². The Balaban J connectivity index is 0.966. The monoisotopic (exact) mass is 1330 g/mol. The van der Waals surface area contributed by atoms with Crippen LogP contribution in [-0.4, -0.2) is 214 Å². The molecule has 4 aromatic carbocycles. The Morgan fingerprint density at radius 3 is 1.15 bits per heavy atom. The SMILES string of the molecule is C[C@@H](C(=O)NC(C(=O)N1CC[C@@H]2[C@H]1[C@@H](C(=O)Nc1cccc3ccccc13)CN2C(=O)CNC(=O)C(=O)NCC(=O)N1C[C@H](C(=O)Nc2cccc3ccccc23)[C@@H]2[C@H]1CCN2C(=O)C(NC(=O)[C@H](C)N(C)C(=O)OC(C)(C)C)C(C)(C)C)C(C)(C)C)N(C)C(=O)OC(C)(C)C. The van der Waals surface area contributed by atoms with Crippen LogP contribution >= 0.6 is 0 Å². The van der Waals surface area contributed by atoms with Gasteiger partial charge in [0.05, 0.1) is 49.1 Å². The second-order valence-corrected chi connectivity index (χ2v) is 29.6. The van der Waals surface area contributed by atoms with E-state index in [-0.39, 0.29) is 39.0 Å². The van der Waals surface area contributed by atoms with E-state index in [1.807, 2.05) is 60.7 Å². The summed E-state index contributed by atoms with van der Waals surface area (Å²) in [6, 6.07) is 17.9. The first-order chi connectivity index (χ1) is 44.8. The van der Waals surface area contributed by atoms with Crippen LogP contribution in [0.2, 0.25) is 0 Å². The van der Waals surface area contributed by atoms with Crippen molar-refractivity contribution in [1.82, 2.24) is 50.7 Å². The molecule has 0 bridgehead atoms. The maximum absolute atomic E-state index is 15.0. The number of amides is 12. The maximum atomic E-state index is 15.0. The topological polar surface area (TPSA) is 315 Å². The van der Waals surface area contributed by atoms with E-state index in [4.69, 9.17) is 9.47 Å². The lowest BCUT2D eigenvalue weighted by Gasteiger charge is -2.37. The highest BCUT2D eigenvalue weighted by Crippen LogP contribution is 2.41. The van der Waals surface area contributed by atoms with Crippen LogP contribution in [0.5, 0.6) is 0 Å². The number of fused-ring (bicyclic) bond motifs is 4. The van der Waals surface area contributed by atoms with Gasteiger partial charge in [0.2, 0.25) is 47.3 Å².